The van der Waals surface area contributed by atoms with Crippen molar-refractivity contribution in [2.45, 2.75) is 13.3 Å². The minimum absolute atomic E-state index is 1.15. The van der Waals surface area contributed by atoms with Crippen LogP contribution in [0.2, 0.25) is 0 Å². The van der Waals surface area contributed by atoms with Gasteiger partial charge in [0, 0.05) is 32.7 Å². The molecule has 1 saturated heterocycles. The molecule has 1 heterocycles. The zero-order valence-electron chi connectivity index (χ0n) is 7.40. The number of hydrogen-bond donors (Lipinski definition) is 1. The largest absolute Gasteiger partial charge is 0.314 e. The van der Waals surface area contributed by atoms with Crippen LogP contribution in [-0.4, -0.2) is 37.6 Å². The van der Waals surface area contributed by atoms with Crippen molar-refractivity contribution in [1.82, 2.24) is 10.2 Å². The van der Waals surface area contributed by atoms with Crippen molar-refractivity contribution in [2.24, 2.45) is 0 Å². The van der Waals surface area contributed by atoms with Crippen LogP contribution in [0.3, 0.4) is 0 Å². The molecule has 0 aliphatic carbocycles. The van der Waals surface area contributed by atoms with Crippen molar-refractivity contribution in [3.05, 3.63) is 12.2 Å². The molecule has 1 aliphatic heterocycles. The van der Waals surface area contributed by atoms with Gasteiger partial charge in [-0.2, -0.15) is 0 Å². The quantitative estimate of drug-likeness (QED) is 0.606. The molecule has 0 aromatic rings. The molecule has 0 amide bonds. The molecule has 1 rings (SSSR count). The fourth-order valence-corrected chi connectivity index (χ4v) is 1.28. The molecule has 0 spiro atoms. The Bertz CT molecular complexity index is 126. The van der Waals surface area contributed by atoms with E-state index < -0.39 is 0 Å². The first-order chi connectivity index (χ1) is 5.29. The number of piperazine rings is 1. The standard InChI is InChI=1S/C9H18N2/c1-9(2)3-6-11-7-4-10-5-8-11/h10H,1,3-8H2,2H3. The predicted molar refractivity (Wildman–Crippen MR) is 48.7 cm³/mol. The highest BCUT2D eigenvalue weighted by Crippen LogP contribution is 1.99. The Labute approximate surface area is 69.3 Å². The highest BCUT2D eigenvalue weighted by atomic mass is 15.2. The van der Waals surface area contributed by atoms with Gasteiger partial charge < -0.3 is 10.2 Å². The summed E-state index contributed by atoms with van der Waals surface area (Å²) in [5.74, 6) is 0. The summed E-state index contributed by atoms with van der Waals surface area (Å²) in [7, 11) is 0. The van der Waals surface area contributed by atoms with Crippen molar-refractivity contribution >= 4 is 0 Å². The second-order valence-corrected chi connectivity index (χ2v) is 3.30. The fraction of sp³-hybridized carbons (Fsp3) is 0.778. The molecule has 0 radical (unpaired) electrons. The summed E-state index contributed by atoms with van der Waals surface area (Å²) in [6.45, 7) is 11.9. The van der Waals surface area contributed by atoms with Crippen LogP contribution in [0.25, 0.3) is 0 Å². The lowest BCUT2D eigenvalue weighted by atomic mass is 10.2. The van der Waals surface area contributed by atoms with Gasteiger partial charge in [0.05, 0.1) is 0 Å². The summed E-state index contributed by atoms with van der Waals surface area (Å²) in [5, 5.41) is 3.34. The summed E-state index contributed by atoms with van der Waals surface area (Å²) in [6, 6.07) is 0. The van der Waals surface area contributed by atoms with Gasteiger partial charge in [0.1, 0.15) is 0 Å². The van der Waals surface area contributed by atoms with Gasteiger partial charge in [-0.3, -0.25) is 0 Å². The monoisotopic (exact) mass is 154 g/mol. The van der Waals surface area contributed by atoms with Crippen molar-refractivity contribution in [3.8, 4) is 0 Å². The number of hydrogen-bond acceptors (Lipinski definition) is 2. The second kappa shape index (κ2) is 4.52. The third-order valence-corrected chi connectivity index (χ3v) is 2.06. The van der Waals surface area contributed by atoms with E-state index >= 15 is 0 Å². The van der Waals surface area contributed by atoms with Gasteiger partial charge in [-0.15, -0.1) is 6.58 Å². The Hall–Kier alpha value is -0.340. The van der Waals surface area contributed by atoms with E-state index in [1.54, 1.807) is 0 Å². The number of rotatable bonds is 3. The van der Waals surface area contributed by atoms with Crippen LogP contribution in [0.4, 0.5) is 0 Å². The van der Waals surface area contributed by atoms with Crippen LogP contribution < -0.4 is 5.32 Å². The molecular formula is C9H18N2. The van der Waals surface area contributed by atoms with Crippen molar-refractivity contribution in [1.29, 1.82) is 0 Å². The molecule has 1 fully saturated rings. The maximum absolute atomic E-state index is 3.90. The average molecular weight is 154 g/mol. The second-order valence-electron chi connectivity index (χ2n) is 3.30. The SMILES string of the molecule is C=C(C)CCN1CCNCC1. The first kappa shape index (κ1) is 8.75. The number of nitrogens with one attached hydrogen (secondary N) is 1. The molecule has 2 heteroatoms. The Kier molecular flexibility index (Phi) is 3.60. The Morgan fingerprint density at radius 1 is 1.45 bits per heavy atom. The average Bonchev–Trinajstić information content (AvgIpc) is 2.03. The van der Waals surface area contributed by atoms with Crippen LogP contribution in [0.5, 0.6) is 0 Å². The Morgan fingerprint density at radius 3 is 2.64 bits per heavy atom. The number of nitrogens with zero attached hydrogens (tertiary/aromatic N) is 1. The molecule has 0 unspecified atom stereocenters. The van der Waals surface area contributed by atoms with Gasteiger partial charge in [0.15, 0.2) is 0 Å². The summed E-state index contributed by atoms with van der Waals surface area (Å²) >= 11 is 0. The van der Waals surface area contributed by atoms with E-state index in [2.05, 4.69) is 23.7 Å². The van der Waals surface area contributed by atoms with Gasteiger partial charge in [-0.1, -0.05) is 5.57 Å². The molecule has 0 atom stereocenters. The van der Waals surface area contributed by atoms with Gasteiger partial charge in [-0.05, 0) is 13.3 Å². The van der Waals surface area contributed by atoms with Gasteiger partial charge in [0.2, 0.25) is 0 Å². The highest BCUT2D eigenvalue weighted by molar-refractivity contribution is 4.89. The van der Waals surface area contributed by atoms with Crippen LogP contribution in [0.15, 0.2) is 12.2 Å². The van der Waals surface area contributed by atoms with Crippen LogP contribution >= 0.6 is 0 Å². The normalized spacial score (nSPS) is 20.1. The predicted octanol–water partition coefficient (Wildman–Crippen LogP) is 0.858. The zero-order valence-corrected chi connectivity index (χ0v) is 7.40. The smallest absolute Gasteiger partial charge is 0.0107 e. The van der Waals surface area contributed by atoms with Crippen LogP contribution in [0.1, 0.15) is 13.3 Å². The van der Waals surface area contributed by atoms with Crippen LogP contribution in [-0.2, 0) is 0 Å². The summed E-state index contributed by atoms with van der Waals surface area (Å²) < 4.78 is 0. The lowest BCUT2D eigenvalue weighted by Gasteiger charge is -2.26. The van der Waals surface area contributed by atoms with E-state index in [9.17, 15) is 0 Å². The Morgan fingerprint density at radius 2 is 2.09 bits per heavy atom. The molecule has 0 bridgehead atoms. The van der Waals surface area contributed by atoms with E-state index in [0.717, 1.165) is 19.5 Å². The highest BCUT2D eigenvalue weighted by Gasteiger charge is 2.07. The fourth-order valence-electron chi connectivity index (χ4n) is 1.28. The van der Waals surface area contributed by atoms with Crippen molar-refractivity contribution in [3.63, 3.8) is 0 Å². The summed E-state index contributed by atoms with van der Waals surface area (Å²) in [6.07, 6.45) is 1.15. The van der Waals surface area contributed by atoms with Crippen molar-refractivity contribution in [2.75, 3.05) is 32.7 Å². The van der Waals surface area contributed by atoms with E-state index in [1.165, 1.54) is 25.2 Å². The molecule has 11 heavy (non-hydrogen) atoms. The molecule has 0 aromatic heterocycles. The molecular weight excluding hydrogens is 136 g/mol. The van der Waals surface area contributed by atoms with Crippen molar-refractivity contribution < 1.29 is 0 Å². The molecule has 0 aromatic carbocycles. The topological polar surface area (TPSA) is 15.3 Å². The zero-order chi connectivity index (χ0) is 8.10. The molecule has 1 N–H and O–H groups in total. The first-order valence-corrected chi connectivity index (χ1v) is 4.36. The lowest BCUT2D eigenvalue weighted by Crippen LogP contribution is -2.43. The third kappa shape index (κ3) is 3.54. The van der Waals surface area contributed by atoms with Gasteiger partial charge in [-0.25, -0.2) is 0 Å². The minimum Gasteiger partial charge on any atom is -0.314 e. The van der Waals surface area contributed by atoms with E-state index in [4.69, 9.17) is 0 Å². The molecule has 1 aliphatic rings. The maximum Gasteiger partial charge on any atom is 0.0107 e. The maximum atomic E-state index is 3.90. The minimum atomic E-state index is 1.15. The van der Waals surface area contributed by atoms with Gasteiger partial charge >= 0.3 is 0 Å². The molecule has 0 saturated carbocycles. The van der Waals surface area contributed by atoms with E-state index in [0.29, 0.717) is 0 Å². The molecule has 2 nitrogen and oxygen atoms in total. The summed E-state index contributed by atoms with van der Waals surface area (Å²) in [4.78, 5) is 2.49. The van der Waals surface area contributed by atoms with Crippen LogP contribution in [0, 0.1) is 0 Å². The van der Waals surface area contributed by atoms with E-state index in [1.807, 2.05) is 0 Å². The van der Waals surface area contributed by atoms with E-state index in [-0.39, 0.29) is 0 Å². The molecule has 64 valence electrons. The first-order valence-electron chi connectivity index (χ1n) is 4.36. The third-order valence-electron chi connectivity index (χ3n) is 2.06. The summed E-state index contributed by atoms with van der Waals surface area (Å²) in [5.41, 5.74) is 1.29. The lowest BCUT2D eigenvalue weighted by molar-refractivity contribution is 0.244. The van der Waals surface area contributed by atoms with Gasteiger partial charge in [0.25, 0.3) is 0 Å². The Balaban J connectivity index is 2.09.